The van der Waals surface area contributed by atoms with Crippen LogP contribution in [0.15, 0.2) is 5.38 Å². The van der Waals surface area contributed by atoms with Gasteiger partial charge in [0, 0.05) is 25.0 Å². The van der Waals surface area contributed by atoms with Gasteiger partial charge in [-0.15, -0.1) is 21.5 Å². The Kier molecular flexibility index (Phi) is 2.62. The summed E-state index contributed by atoms with van der Waals surface area (Å²) in [6.45, 7) is 6.06. The lowest BCUT2D eigenvalue weighted by molar-refractivity contribution is 0.0707. The Morgan fingerprint density at radius 2 is 2.11 bits per heavy atom. The zero-order chi connectivity index (χ0) is 12.7. The molecule has 0 saturated heterocycles. The Balaban J connectivity index is 2.04. The number of aromatic nitrogens is 4. The van der Waals surface area contributed by atoms with Gasteiger partial charge in [0.2, 0.25) is 5.82 Å². The minimum Gasteiger partial charge on any atom is -0.334 e. The Morgan fingerprint density at radius 3 is 2.78 bits per heavy atom. The Hall–Kier alpha value is -1.76. The summed E-state index contributed by atoms with van der Waals surface area (Å²) in [5, 5.41) is 11.1. The van der Waals surface area contributed by atoms with Gasteiger partial charge in [-0.3, -0.25) is 9.36 Å². The number of fused-ring (bicyclic) bond motifs is 1. The monoisotopic (exact) mass is 263 g/mol. The van der Waals surface area contributed by atoms with Gasteiger partial charge in [-0.05, 0) is 13.8 Å². The van der Waals surface area contributed by atoms with Crippen molar-refractivity contribution in [1.29, 1.82) is 0 Å². The molecule has 0 aromatic carbocycles. The van der Waals surface area contributed by atoms with Gasteiger partial charge in [0.05, 0.1) is 5.01 Å². The average molecular weight is 263 g/mol. The number of nitrogens with zero attached hydrogens (tertiary/aromatic N) is 5. The van der Waals surface area contributed by atoms with Crippen LogP contribution in [0.25, 0.3) is 11.5 Å². The lowest BCUT2D eigenvalue weighted by Gasteiger charge is -2.25. The molecule has 1 amide bonds. The Morgan fingerprint density at radius 1 is 1.33 bits per heavy atom. The predicted octanol–water partition coefficient (Wildman–Crippen LogP) is 1.19. The maximum Gasteiger partial charge on any atom is 0.291 e. The highest BCUT2D eigenvalue weighted by atomic mass is 32.1. The number of hydrogen-bond acceptors (Lipinski definition) is 5. The van der Waals surface area contributed by atoms with Crippen molar-refractivity contribution < 1.29 is 4.79 Å². The quantitative estimate of drug-likeness (QED) is 0.816. The van der Waals surface area contributed by atoms with Crippen molar-refractivity contribution in [1.82, 2.24) is 24.6 Å². The summed E-state index contributed by atoms with van der Waals surface area (Å²) in [5.41, 5.74) is 0.800. The third-order valence-electron chi connectivity index (χ3n) is 3.05. The summed E-state index contributed by atoms with van der Waals surface area (Å²) >= 11 is 1.57. The summed E-state index contributed by atoms with van der Waals surface area (Å²) in [4.78, 5) is 18.3. The molecule has 0 saturated carbocycles. The molecule has 94 valence electrons. The van der Waals surface area contributed by atoms with Crippen LogP contribution in [0.5, 0.6) is 0 Å². The predicted molar refractivity (Wildman–Crippen MR) is 67.4 cm³/mol. The van der Waals surface area contributed by atoms with Crippen molar-refractivity contribution in [2.75, 3.05) is 13.1 Å². The second kappa shape index (κ2) is 4.16. The number of carbonyl (C=O) groups excluding carboxylic acids is 1. The molecular weight excluding hydrogens is 250 g/mol. The number of likely N-dealkylation sites (N-methyl/N-ethyl adjacent to an activating group) is 1. The Labute approximate surface area is 108 Å². The van der Waals surface area contributed by atoms with Crippen LogP contribution in [0, 0.1) is 6.92 Å². The van der Waals surface area contributed by atoms with E-state index in [1.807, 2.05) is 23.8 Å². The van der Waals surface area contributed by atoms with Crippen molar-refractivity contribution in [3.05, 3.63) is 16.2 Å². The fourth-order valence-electron chi connectivity index (χ4n) is 2.09. The van der Waals surface area contributed by atoms with E-state index in [1.165, 1.54) is 0 Å². The molecule has 2 aromatic rings. The first kappa shape index (κ1) is 11.3. The molecule has 0 fully saturated rings. The highest BCUT2D eigenvalue weighted by molar-refractivity contribution is 7.09. The fraction of sp³-hybridized carbons (Fsp3) is 0.455. The number of amides is 1. The van der Waals surface area contributed by atoms with Crippen molar-refractivity contribution in [3.8, 4) is 11.5 Å². The standard InChI is InChI=1S/C11H13N5OS/c1-3-15-4-5-16-9(8-6-18-7(2)12-8)13-14-10(16)11(15)17/h6H,3-5H2,1-2H3. The van der Waals surface area contributed by atoms with E-state index in [2.05, 4.69) is 15.2 Å². The number of rotatable bonds is 2. The molecule has 2 aromatic heterocycles. The first-order valence-electron chi connectivity index (χ1n) is 5.85. The van der Waals surface area contributed by atoms with Gasteiger partial charge < -0.3 is 4.90 Å². The largest absolute Gasteiger partial charge is 0.334 e. The van der Waals surface area contributed by atoms with E-state index in [-0.39, 0.29) is 5.91 Å². The minimum absolute atomic E-state index is 0.0468. The second-order valence-corrected chi connectivity index (χ2v) is 5.20. The lowest BCUT2D eigenvalue weighted by atomic mass is 10.3. The highest BCUT2D eigenvalue weighted by Gasteiger charge is 2.28. The molecule has 0 N–H and O–H groups in total. The molecule has 0 atom stereocenters. The van der Waals surface area contributed by atoms with E-state index in [0.717, 1.165) is 17.2 Å². The van der Waals surface area contributed by atoms with Crippen molar-refractivity contribution in [3.63, 3.8) is 0 Å². The molecule has 0 spiro atoms. The molecule has 0 radical (unpaired) electrons. The molecule has 0 aliphatic carbocycles. The maximum atomic E-state index is 12.1. The Bertz CT molecular complexity index is 602. The fourth-order valence-corrected chi connectivity index (χ4v) is 2.69. The molecule has 6 nitrogen and oxygen atoms in total. The number of carbonyl (C=O) groups is 1. The smallest absolute Gasteiger partial charge is 0.291 e. The van der Waals surface area contributed by atoms with E-state index < -0.39 is 0 Å². The third kappa shape index (κ3) is 1.62. The highest BCUT2D eigenvalue weighted by Crippen LogP contribution is 2.22. The zero-order valence-electron chi connectivity index (χ0n) is 10.3. The van der Waals surface area contributed by atoms with Gasteiger partial charge in [-0.1, -0.05) is 0 Å². The first-order chi connectivity index (χ1) is 8.70. The minimum atomic E-state index is -0.0468. The molecule has 0 unspecified atom stereocenters. The number of thiazole rings is 1. The van der Waals surface area contributed by atoms with Crippen LogP contribution in [-0.2, 0) is 6.54 Å². The van der Waals surface area contributed by atoms with E-state index in [1.54, 1.807) is 16.2 Å². The van der Waals surface area contributed by atoms with Gasteiger partial charge in [0.15, 0.2) is 5.82 Å². The van der Waals surface area contributed by atoms with Crippen LogP contribution in [-0.4, -0.2) is 43.6 Å². The van der Waals surface area contributed by atoms with Crippen LogP contribution in [0.2, 0.25) is 0 Å². The van der Waals surface area contributed by atoms with Gasteiger partial charge in [0.25, 0.3) is 5.91 Å². The maximum absolute atomic E-state index is 12.1. The van der Waals surface area contributed by atoms with Crippen LogP contribution < -0.4 is 0 Å². The topological polar surface area (TPSA) is 63.9 Å². The number of aryl methyl sites for hydroxylation is 1. The zero-order valence-corrected chi connectivity index (χ0v) is 11.1. The van der Waals surface area contributed by atoms with Crippen LogP contribution in [0.3, 0.4) is 0 Å². The molecule has 18 heavy (non-hydrogen) atoms. The van der Waals surface area contributed by atoms with E-state index in [9.17, 15) is 4.79 Å². The van der Waals surface area contributed by atoms with Gasteiger partial charge in [-0.2, -0.15) is 0 Å². The number of hydrogen-bond donors (Lipinski definition) is 0. The molecule has 3 heterocycles. The van der Waals surface area contributed by atoms with Crippen molar-refractivity contribution in [2.45, 2.75) is 20.4 Å². The third-order valence-corrected chi connectivity index (χ3v) is 3.83. The van der Waals surface area contributed by atoms with Gasteiger partial charge in [0.1, 0.15) is 5.69 Å². The van der Waals surface area contributed by atoms with Crippen LogP contribution in [0.1, 0.15) is 22.6 Å². The van der Waals surface area contributed by atoms with E-state index in [0.29, 0.717) is 24.7 Å². The van der Waals surface area contributed by atoms with E-state index >= 15 is 0 Å². The molecule has 7 heteroatoms. The SMILES string of the molecule is CCN1CCn2c(nnc2-c2csc(C)n2)C1=O. The van der Waals surface area contributed by atoms with Crippen molar-refractivity contribution in [2.24, 2.45) is 0 Å². The van der Waals surface area contributed by atoms with E-state index in [4.69, 9.17) is 0 Å². The summed E-state index contributed by atoms with van der Waals surface area (Å²) in [6, 6.07) is 0. The van der Waals surface area contributed by atoms with Crippen LogP contribution in [0.4, 0.5) is 0 Å². The average Bonchev–Trinajstić information content (AvgIpc) is 2.96. The summed E-state index contributed by atoms with van der Waals surface area (Å²) < 4.78 is 1.86. The molecule has 3 rings (SSSR count). The normalized spacial score (nSPS) is 15.0. The molecule has 1 aliphatic rings. The van der Waals surface area contributed by atoms with Crippen LogP contribution >= 0.6 is 11.3 Å². The second-order valence-electron chi connectivity index (χ2n) is 4.14. The summed E-state index contributed by atoms with van der Waals surface area (Å²) in [5.74, 6) is 1.07. The first-order valence-corrected chi connectivity index (χ1v) is 6.73. The lowest BCUT2D eigenvalue weighted by Crippen LogP contribution is -2.40. The van der Waals surface area contributed by atoms with Gasteiger partial charge in [-0.25, -0.2) is 4.98 Å². The summed E-state index contributed by atoms with van der Waals surface area (Å²) in [7, 11) is 0. The van der Waals surface area contributed by atoms with Crippen molar-refractivity contribution >= 4 is 17.2 Å². The molecule has 0 bridgehead atoms. The summed E-state index contributed by atoms with van der Waals surface area (Å²) in [6.07, 6.45) is 0. The molecule has 1 aliphatic heterocycles. The molecular formula is C11H13N5OS. The van der Waals surface area contributed by atoms with Gasteiger partial charge >= 0.3 is 0 Å².